The molecule has 0 saturated carbocycles. The summed E-state index contributed by atoms with van der Waals surface area (Å²) in [5.74, 6) is 0.953. The summed E-state index contributed by atoms with van der Waals surface area (Å²) in [4.78, 5) is 9.91. The molecule has 0 N–H and O–H groups in total. The Kier molecular flexibility index (Phi) is 2.67. The molecule has 0 aliphatic rings. The molecule has 2 aromatic rings. The highest BCUT2D eigenvalue weighted by Crippen LogP contribution is 2.11. The molecule has 66 valence electrons. The van der Waals surface area contributed by atoms with Gasteiger partial charge in [-0.25, -0.2) is 0 Å². The van der Waals surface area contributed by atoms with Crippen LogP contribution >= 0.6 is 0 Å². The molecule has 4 radical (unpaired) electrons. The third-order valence-electron chi connectivity index (χ3n) is 1.46. The average Bonchev–Trinajstić information content (AvgIpc) is 2.29. The van der Waals surface area contributed by atoms with E-state index < -0.39 is 0 Å². The van der Waals surface area contributed by atoms with Gasteiger partial charge < -0.3 is 0 Å². The minimum absolute atomic E-state index is 0.477. The molecule has 0 fully saturated rings. The minimum atomic E-state index is 0.477. The summed E-state index contributed by atoms with van der Waals surface area (Å²) in [5, 5.41) is 0. The van der Waals surface area contributed by atoms with Gasteiger partial charge in [0.15, 0.2) is 11.5 Å². The van der Waals surface area contributed by atoms with Crippen LogP contribution in [-0.4, -0.2) is 0 Å². The molecule has 0 saturated heterocycles. The lowest BCUT2D eigenvalue weighted by molar-refractivity contribution is -0.100. The molecule has 2 aromatic carbocycles. The molecule has 0 aromatic heterocycles. The molecular weight excluding hydrogens is 176 g/mol. The fraction of sp³-hybridized carbons (Fsp3) is 0. The van der Waals surface area contributed by atoms with Gasteiger partial charge >= 0.3 is 0 Å². The molecule has 0 aliphatic carbocycles. The van der Waals surface area contributed by atoms with Crippen molar-refractivity contribution < 1.29 is 9.78 Å². The Balaban J connectivity index is 1.96. The van der Waals surface area contributed by atoms with Crippen molar-refractivity contribution in [3.8, 4) is 11.5 Å². The maximum absolute atomic E-state index is 4.95. The standard InChI is InChI=1S/C12H6O2/c1-3-7-11(8-4-1)13-14-12-9-5-2-6-10-12/h1-3,5,8,10H. The van der Waals surface area contributed by atoms with Crippen LogP contribution < -0.4 is 9.78 Å². The Morgan fingerprint density at radius 2 is 1.21 bits per heavy atom. The van der Waals surface area contributed by atoms with E-state index in [2.05, 4.69) is 24.3 Å². The summed E-state index contributed by atoms with van der Waals surface area (Å²) in [6.45, 7) is 0. The van der Waals surface area contributed by atoms with Gasteiger partial charge in [0.2, 0.25) is 0 Å². The molecule has 0 amide bonds. The number of benzene rings is 2. The van der Waals surface area contributed by atoms with Crippen LogP contribution in [0.4, 0.5) is 0 Å². The zero-order chi connectivity index (χ0) is 9.64. The molecule has 2 heteroatoms. The van der Waals surface area contributed by atoms with Gasteiger partial charge in [-0.1, -0.05) is 12.1 Å². The van der Waals surface area contributed by atoms with E-state index in [1.54, 1.807) is 36.4 Å². The van der Waals surface area contributed by atoms with Crippen molar-refractivity contribution in [2.75, 3.05) is 0 Å². The van der Waals surface area contributed by atoms with Crippen molar-refractivity contribution in [2.45, 2.75) is 0 Å². The van der Waals surface area contributed by atoms with Crippen LogP contribution in [0.3, 0.4) is 0 Å². The van der Waals surface area contributed by atoms with Gasteiger partial charge in [-0.2, -0.15) is 0 Å². The molecular formula is C12H6O2. The molecule has 14 heavy (non-hydrogen) atoms. The summed E-state index contributed by atoms with van der Waals surface area (Å²) in [6.07, 6.45) is 0. The predicted molar refractivity (Wildman–Crippen MR) is 49.5 cm³/mol. The van der Waals surface area contributed by atoms with Crippen molar-refractivity contribution in [3.05, 3.63) is 60.7 Å². The predicted octanol–water partition coefficient (Wildman–Crippen LogP) is 2.26. The number of hydrogen-bond donors (Lipinski definition) is 0. The zero-order valence-corrected chi connectivity index (χ0v) is 7.28. The third-order valence-corrected chi connectivity index (χ3v) is 1.46. The highest BCUT2D eigenvalue weighted by atomic mass is 17.2. The molecule has 0 bridgehead atoms. The highest BCUT2D eigenvalue weighted by molar-refractivity contribution is 5.20. The van der Waals surface area contributed by atoms with E-state index in [9.17, 15) is 0 Å². The fourth-order valence-electron chi connectivity index (χ4n) is 0.861. The van der Waals surface area contributed by atoms with Crippen LogP contribution in [0.25, 0.3) is 0 Å². The van der Waals surface area contributed by atoms with Gasteiger partial charge in [-0.05, 0) is 36.4 Å². The summed E-state index contributed by atoms with van der Waals surface area (Å²) < 4.78 is 0. The van der Waals surface area contributed by atoms with Crippen molar-refractivity contribution in [2.24, 2.45) is 0 Å². The first-order chi connectivity index (χ1) is 6.95. The molecule has 2 nitrogen and oxygen atoms in total. The summed E-state index contributed by atoms with van der Waals surface area (Å²) in [6, 6.07) is 21.5. The maximum Gasteiger partial charge on any atom is 0.187 e. The van der Waals surface area contributed by atoms with Gasteiger partial charge in [0, 0.05) is 12.1 Å². The molecule has 0 heterocycles. The second-order valence-corrected chi connectivity index (χ2v) is 2.47. The summed E-state index contributed by atoms with van der Waals surface area (Å²) in [5.41, 5.74) is 0. The molecule has 0 spiro atoms. The molecule has 2 rings (SSSR count). The lowest BCUT2D eigenvalue weighted by Gasteiger charge is -2.03. The number of rotatable bonds is 3. The first kappa shape index (κ1) is 8.63. The summed E-state index contributed by atoms with van der Waals surface area (Å²) in [7, 11) is 0. The van der Waals surface area contributed by atoms with Crippen LogP contribution in [0.5, 0.6) is 11.5 Å². The highest BCUT2D eigenvalue weighted by Gasteiger charge is 1.95. The van der Waals surface area contributed by atoms with E-state index in [0.29, 0.717) is 11.5 Å². The lowest BCUT2D eigenvalue weighted by Crippen LogP contribution is -1.99. The smallest absolute Gasteiger partial charge is 0.187 e. The van der Waals surface area contributed by atoms with Crippen LogP contribution in [0.2, 0.25) is 0 Å². The van der Waals surface area contributed by atoms with Crippen LogP contribution in [-0.2, 0) is 0 Å². The maximum atomic E-state index is 4.95. The van der Waals surface area contributed by atoms with Crippen LogP contribution in [0.1, 0.15) is 0 Å². The molecule has 0 unspecified atom stereocenters. The second kappa shape index (κ2) is 4.33. The van der Waals surface area contributed by atoms with E-state index in [1.165, 1.54) is 0 Å². The van der Waals surface area contributed by atoms with E-state index in [4.69, 9.17) is 9.78 Å². The number of hydrogen-bond acceptors (Lipinski definition) is 2. The Labute approximate surface area is 82.6 Å². The van der Waals surface area contributed by atoms with E-state index in [0.717, 1.165) is 0 Å². The van der Waals surface area contributed by atoms with Gasteiger partial charge in [0.05, 0.1) is 0 Å². The minimum Gasteiger partial charge on any atom is -0.289 e. The van der Waals surface area contributed by atoms with E-state index in [-0.39, 0.29) is 0 Å². The van der Waals surface area contributed by atoms with Gasteiger partial charge in [0.1, 0.15) is 0 Å². The average molecular weight is 182 g/mol. The van der Waals surface area contributed by atoms with E-state index >= 15 is 0 Å². The van der Waals surface area contributed by atoms with Gasteiger partial charge in [-0.3, -0.25) is 9.78 Å². The fourth-order valence-corrected chi connectivity index (χ4v) is 0.861. The van der Waals surface area contributed by atoms with Gasteiger partial charge in [0.25, 0.3) is 0 Å². The molecule has 0 atom stereocenters. The Hall–Kier alpha value is -1.96. The second-order valence-electron chi connectivity index (χ2n) is 2.47. The quantitative estimate of drug-likeness (QED) is 0.535. The van der Waals surface area contributed by atoms with Gasteiger partial charge in [-0.15, -0.1) is 0 Å². The first-order valence-electron chi connectivity index (χ1n) is 4.05. The van der Waals surface area contributed by atoms with Crippen molar-refractivity contribution >= 4 is 0 Å². The van der Waals surface area contributed by atoms with Crippen LogP contribution in [0, 0.1) is 24.3 Å². The van der Waals surface area contributed by atoms with Crippen molar-refractivity contribution in [1.29, 1.82) is 0 Å². The zero-order valence-electron chi connectivity index (χ0n) is 7.28. The summed E-state index contributed by atoms with van der Waals surface area (Å²) >= 11 is 0. The lowest BCUT2D eigenvalue weighted by atomic mass is 10.3. The monoisotopic (exact) mass is 182 g/mol. The third kappa shape index (κ3) is 2.26. The largest absolute Gasteiger partial charge is 0.289 e. The Bertz CT molecular complexity index is 331. The Morgan fingerprint density at radius 3 is 1.57 bits per heavy atom. The van der Waals surface area contributed by atoms with Crippen molar-refractivity contribution in [1.82, 2.24) is 0 Å². The topological polar surface area (TPSA) is 18.5 Å². The first-order valence-corrected chi connectivity index (χ1v) is 4.05. The van der Waals surface area contributed by atoms with E-state index in [1.807, 2.05) is 0 Å². The van der Waals surface area contributed by atoms with Crippen molar-refractivity contribution in [3.63, 3.8) is 0 Å². The molecule has 0 aliphatic heterocycles. The van der Waals surface area contributed by atoms with Crippen LogP contribution in [0.15, 0.2) is 36.4 Å². The SMILES string of the molecule is [c]1cc[c]c(OOc2[c]cc[c]c2)c1. The normalized spacial score (nSPS) is 9.43. The Morgan fingerprint density at radius 1 is 0.714 bits per heavy atom.